The molecule has 2 aromatic carbocycles. The zero-order valence-electron chi connectivity index (χ0n) is 15.4. The molecule has 0 radical (unpaired) electrons. The molecule has 27 heavy (non-hydrogen) atoms. The van der Waals surface area contributed by atoms with Gasteiger partial charge in [-0.3, -0.25) is 4.90 Å². The van der Waals surface area contributed by atoms with Crippen molar-refractivity contribution in [2.45, 2.75) is 32.7 Å². The Morgan fingerprint density at radius 3 is 2.41 bits per heavy atom. The quantitative estimate of drug-likeness (QED) is 0.373. The zero-order valence-corrected chi connectivity index (χ0v) is 17.9. The average Bonchev–Trinajstić information content (AvgIpc) is 3.06. The van der Waals surface area contributed by atoms with Crippen molar-refractivity contribution in [1.82, 2.24) is 4.90 Å². The van der Waals surface area contributed by atoms with E-state index in [0.717, 1.165) is 40.1 Å². The third-order valence-electron chi connectivity index (χ3n) is 5.16. The highest BCUT2D eigenvalue weighted by Crippen LogP contribution is 2.42. The first-order valence-electron chi connectivity index (χ1n) is 9.36. The van der Waals surface area contributed by atoms with Gasteiger partial charge in [0.15, 0.2) is 0 Å². The van der Waals surface area contributed by atoms with Gasteiger partial charge in [0.2, 0.25) is 0 Å². The fourth-order valence-electron chi connectivity index (χ4n) is 3.63. The van der Waals surface area contributed by atoms with Gasteiger partial charge in [-0.05, 0) is 62.2 Å². The van der Waals surface area contributed by atoms with Gasteiger partial charge in [-0.15, -0.1) is 0 Å². The number of aryl methyl sites for hydroxylation is 1. The maximum Gasteiger partial charge on any atom is 0.120 e. The van der Waals surface area contributed by atoms with Gasteiger partial charge in [-0.2, -0.15) is 0 Å². The molecule has 0 bridgehead atoms. The van der Waals surface area contributed by atoms with Crippen LogP contribution in [-0.4, -0.2) is 23.1 Å². The van der Waals surface area contributed by atoms with Crippen LogP contribution in [0.2, 0.25) is 0 Å². The number of phenols is 1. The normalized spacial score (nSPS) is 15.1. The summed E-state index contributed by atoms with van der Waals surface area (Å²) in [6.45, 7) is 5.16. The van der Waals surface area contributed by atoms with E-state index in [2.05, 4.69) is 42.2 Å². The molecule has 0 amide bonds. The lowest BCUT2D eigenvalue weighted by molar-refractivity contribution is 0.218. The van der Waals surface area contributed by atoms with Crippen molar-refractivity contribution < 1.29 is 5.11 Å². The van der Waals surface area contributed by atoms with Crippen molar-refractivity contribution in [1.29, 1.82) is 0 Å². The fourth-order valence-corrected chi connectivity index (χ4v) is 6.54. The van der Waals surface area contributed by atoms with Crippen LogP contribution in [0.3, 0.4) is 0 Å². The lowest BCUT2D eigenvalue weighted by atomic mass is 10.0. The molecular weight excluding hydrogens is 390 g/mol. The number of piperidine rings is 1. The van der Waals surface area contributed by atoms with E-state index < -0.39 is 0 Å². The van der Waals surface area contributed by atoms with E-state index in [0.29, 0.717) is 5.75 Å². The van der Waals surface area contributed by atoms with Gasteiger partial charge in [0.25, 0.3) is 0 Å². The third-order valence-corrected chi connectivity index (χ3v) is 8.22. The Labute approximate surface area is 173 Å². The summed E-state index contributed by atoms with van der Waals surface area (Å²) >= 11 is 5.65. The zero-order chi connectivity index (χ0) is 18.8. The first kappa shape index (κ1) is 18.8. The average molecular weight is 414 g/mol. The largest absolute Gasteiger partial charge is 0.508 e. The highest BCUT2D eigenvalue weighted by atomic mass is 32.9. The summed E-state index contributed by atoms with van der Waals surface area (Å²) in [5.41, 5.74) is 5.72. The number of nitrogens with zero attached hydrogens (tertiary/aromatic N) is 1. The molecule has 1 aromatic heterocycles. The van der Waals surface area contributed by atoms with Crippen LogP contribution in [0.4, 0.5) is 0 Å². The van der Waals surface area contributed by atoms with Crippen LogP contribution >= 0.6 is 32.9 Å². The van der Waals surface area contributed by atoms with E-state index in [9.17, 15) is 5.11 Å². The Morgan fingerprint density at radius 2 is 1.67 bits per heavy atom. The molecule has 1 aliphatic rings. The number of aromatic hydroxyl groups is 1. The maximum absolute atomic E-state index is 10.4. The second-order valence-corrected chi connectivity index (χ2v) is 10.0. The minimum atomic E-state index is 0.389. The molecule has 4 rings (SSSR count). The van der Waals surface area contributed by atoms with E-state index in [-0.39, 0.29) is 0 Å². The van der Waals surface area contributed by atoms with Crippen LogP contribution in [-0.2, 0) is 6.54 Å². The lowest BCUT2D eigenvalue weighted by Gasteiger charge is -2.26. The molecule has 2 nitrogen and oxygen atoms in total. The topological polar surface area (TPSA) is 23.5 Å². The van der Waals surface area contributed by atoms with Gasteiger partial charge in [-0.25, -0.2) is 0 Å². The second-order valence-electron chi connectivity index (χ2n) is 7.20. The van der Waals surface area contributed by atoms with Crippen LogP contribution in [0.25, 0.3) is 21.6 Å². The van der Waals surface area contributed by atoms with E-state index in [1.807, 2.05) is 12.1 Å². The summed E-state index contributed by atoms with van der Waals surface area (Å²) in [5, 5.41) is 10.4. The Bertz CT molecular complexity index is 982. The minimum Gasteiger partial charge on any atom is -0.508 e. The first-order valence-corrected chi connectivity index (χ1v) is 11.9. The first-order chi connectivity index (χ1) is 13.1. The Kier molecular flexibility index (Phi) is 5.74. The predicted molar refractivity (Wildman–Crippen MR) is 119 cm³/mol. The van der Waals surface area contributed by atoms with Crippen LogP contribution < -0.4 is 0 Å². The minimum absolute atomic E-state index is 0.389. The Balaban J connectivity index is 1.71. The van der Waals surface area contributed by atoms with Crippen molar-refractivity contribution in [2.75, 3.05) is 13.1 Å². The molecule has 0 unspecified atom stereocenters. The van der Waals surface area contributed by atoms with E-state index in [1.165, 1.54) is 35.3 Å². The van der Waals surface area contributed by atoms with E-state index >= 15 is 0 Å². The lowest BCUT2D eigenvalue weighted by Crippen LogP contribution is -2.29. The summed E-state index contributed by atoms with van der Waals surface area (Å²) < 4.78 is 0.935. The van der Waals surface area contributed by atoms with Crippen molar-refractivity contribution in [3.8, 4) is 27.3 Å². The van der Waals surface area contributed by atoms with Crippen molar-refractivity contribution >= 4 is 32.9 Å². The smallest absolute Gasteiger partial charge is 0.120 e. The molecule has 0 spiro atoms. The molecule has 2 heterocycles. The number of phenolic OH excluding ortho intramolecular Hbond substituents is 1. The molecule has 0 atom stereocenters. The third kappa shape index (κ3) is 4.16. The van der Waals surface area contributed by atoms with Gasteiger partial charge in [0.1, 0.15) is 9.57 Å². The molecule has 1 saturated heterocycles. The Morgan fingerprint density at radius 1 is 0.963 bits per heavy atom. The van der Waals surface area contributed by atoms with Crippen LogP contribution in [0.1, 0.15) is 30.4 Å². The summed E-state index contributed by atoms with van der Waals surface area (Å²) in [7, 11) is 3.39. The number of benzene rings is 2. The molecule has 0 aliphatic carbocycles. The number of hydrogen-bond acceptors (Lipinski definition) is 5. The molecule has 1 N–H and O–H groups in total. The Hall–Kier alpha value is -1.53. The number of likely N-dealkylation sites (tertiary alicyclic amines) is 1. The molecule has 1 fully saturated rings. The van der Waals surface area contributed by atoms with Gasteiger partial charge in [0.05, 0.1) is 4.88 Å². The monoisotopic (exact) mass is 413 g/mol. The summed E-state index contributed by atoms with van der Waals surface area (Å²) in [6.07, 6.45) is 3.83. The predicted octanol–water partition coefficient (Wildman–Crippen LogP) is 6.87. The van der Waals surface area contributed by atoms with E-state index in [1.54, 1.807) is 20.7 Å². The van der Waals surface area contributed by atoms with Gasteiger partial charge in [-0.1, -0.05) is 69.1 Å². The molecule has 0 saturated carbocycles. The molecule has 3 aromatic rings. The van der Waals surface area contributed by atoms with E-state index in [4.69, 9.17) is 12.2 Å². The standard InChI is InChI=1S/C22H23NOS3/c1-15-5-7-16(8-6-15)20-21(26-27-22(20)25)17-9-10-19(24)18(13-17)14-23-11-3-2-4-12-23/h5-10,13,24H,2-4,11-12,14H2,1H3. The molecule has 1 aliphatic heterocycles. The summed E-state index contributed by atoms with van der Waals surface area (Å²) in [6, 6.07) is 14.6. The number of rotatable bonds is 4. The number of hydrogen-bond donors (Lipinski definition) is 1. The van der Waals surface area contributed by atoms with Crippen LogP contribution in [0.15, 0.2) is 42.5 Å². The highest BCUT2D eigenvalue weighted by molar-refractivity contribution is 7.80. The van der Waals surface area contributed by atoms with Crippen molar-refractivity contribution in [3.63, 3.8) is 0 Å². The highest BCUT2D eigenvalue weighted by Gasteiger charge is 2.17. The molecular formula is C22H23NOS3. The molecule has 140 valence electrons. The van der Waals surface area contributed by atoms with Crippen molar-refractivity contribution in [2.24, 2.45) is 0 Å². The van der Waals surface area contributed by atoms with Gasteiger partial charge in [0, 0.05) is 17.7 Å². The van der Waals surface area contributed by atoms with Crippen LogP contribution in [0, 0.1) is 10.7 Å². The van der Waals surface area contributed by atoms with Gasteiger partial charge < -0.3 is 5.11 Å². The SMILES string of the molecule is Cc1ccc(-c2c(-c3ccc(O)c(CN4CCCCC4)c3)ssc2=S)cc1. The maximum atomic E-state index is 10.4. The fraction of sp³-hybridized carbons (Fsp3) is 0.318. The second kappa shape index (κ2) is 8.23. The van der Waals surface area contributed by atoms with Crippen LogP contribution in [0.5, 0.6) is 5.75 Å². The van der Waals surface area contributed by atoms with Gasteiger partial charge >= 0.3 is 0 Å². The molecule has 5 heteroatoms. The summed E-state index contributed by atoms with van der Waals surface area (Å²) in [4.78, 5) is 3.65. The van der Waals surface area contributed by atoms with Crippen molar-refractivity contribution in [3.05, 3.63) is 57.4 Å². The summed E-state index contributed by atoms with van der Waals surface area (Å²) in [5.74, 6) is 0.389.